The third-order valence-electron chi connectivity index (χ3n) is 4.53. The van der Waals surface area contributed by atoms with Gasteiger partial charge in [-0.1, -0.05) is 30.3 Å². The number of rotatable bonds is 3. The van der Waals surface area contributed by atoms with Gasteiger partial charge in [0, 0.05) is 24.9 Å². The minimum Gasteiger partial charge on any atom is -0.480 e. The number of piperidine rings is 2. The molecule has 5 heteroatoms. The Kier molecular flexibility index (Phi) is 3.24. The van der Waals surface area contributed by atoms with E-state index in [9.17, 15) is 18.7 Å². The number of fused-ring (bicyclic) bond motifs is 3. The van der Waals surface area contributed by atoms with Crippen LogP contribution in [0.3, 0.4) is 0 Å². The molecule has 1 aliphatic carbocycles. The lowest BCUT2D eigenvalue weighted by atomic mass is 9.71. The summed E-state index contributed by atoms with van der Waals surface area (Å²) in [5.74, 6) is -5.04. The standard InChI is InChI=1S/C15H17F2NO2/c16-15(17)8-11-6-7-12(15)13(14(19)20)18(11)9-10-4-2-1-3-5-10/h1-5,11-13H,6-9H2,(H,19,20)/t11-,12+,13+/m1/s1. The van der Waals surface area contributed by atoms with E-state index in [1.54, 1.807) is 4.90 Å². The fourth-order valence-corrected chi connectivity index (χ4v) is 3.62. The zero-order valence-electron chi connectivity index (χ0n) is 11.0. The van der Waals surface area contributed by atoms with E-state index in [4.69, 9.17) is 0 Å². The predicted molar refractivity (Wildman–Crippen MR) is 69.5 cm³/mol. The fraction of sp³-hybridized carbons (Fsp3) is 0.533. The molecular formula is C15H17F2NO2. The Labute approximate surface area is 116 Å². The molecule has 108 valence electrons. The average molecular weight is 281 g/mol. The molecule has 3 nitrogen and oxygen atoms in total. The quantitative estimate of drug-likeness (QED) is 0.926. The van der Waals surface area contributed by atoms with Crippen LogP contribution in [-0.4, -0.2) is 34.0 Å². The van der Waals surface area contributed by atoms with Crippen LogP contribution in [0.25, 0.3) is 0 Å². The lowest BCUT2D eigenvalue weighted by Crippen LogP contribution is -2.64. The van der Waals surface area contributed by atoms with E-state index in [0.717, 1.165) is 5.56 Å². The summed E-state index contributed by atoms with van der Waals surface area (Å²) in [6.45, 7) is 0.426. The lowest BCUT2D eigenvalue weighted by Gasteiger charge is -2.52. The van der Waals surface area contributed by atoms with Gasteiger partial charge in [-0.15, -0.1) is 0 Å². The first-order valence-corrected chi connectivity index (χ1v) is 6.89. The van der Waals surface area contributed by atoms with Gasteiger partial charge in [0.25, 0.3) is 5.92 Å². The Morgan fingerprint density at radius 2 is 2.00 bits per heavy atom. The van der Waals surface area contributed by atoms with E-state index < -0.39 is 23.9 Å². The molecule has 1 saturated carbocycles. The predicted octanol–water partition coefficient (Wildman–Crippen LogP) is 2.76. The second-order valence-corrected chi connectivity index (χ2v) is 5.74. The van der Waals surface area contributed by atoms with Gasteiger partial charge < -0.3 is 5.11 Å². The van der Waals surface area contributed by atoms with Crippen LogP contribution >= 0.6 is 0 Å². The Bertz CT molecular complexity index is 506. The molecular weight excluding hydrogens is 264 g/mol. The topological polar surface area (TPSA) is 40.5 Å². The molecule has 1 aromatic rings. The largest absolute Gasteiger partial charge is 0.480 e. The van der Waals surface area contributed by atoms with Crippen molar-refractivity contribution in [2.75, 3.05) is 0 Å². The highest BCUT2D eigenvalue weighted by atomic mass is 19.3. The Balaban J connectivity index is 1.88. The normalized spacial score (nSPS) is 32.2. The van der Waals surface area contributed by atoms with Crippen molar-refractivity contribution >= 4 is 5.97 Å². The molecule has 2 aliphatic heterocycles. The van der Waals surface area contributed by atoms with Gasteiger partial charge in [0.2, 0.25) is 0 Å². The molecule has 0 spiro atoms. The minimum atomic E-state index is -2.85. The molecule has 0 amide bonds. The zero-order valence-corrected chi connectivity index (χ0v) is 11.0. The van der Waals surface area contributed by atoms with Crippen LogP contribution in [0, 0.1) is 5.92 Å². The second kappa shape index (κ2) is 4.81. The molecule has 1 N–H and O–H groups in total. The molecule has 3 fully saturated rings. The molecule has 3 aliphatic rings. The Morgan fingerprint density at radius 3 is 2.60 bits per heavy atom. The van der Waals surface area contributed by atoms with Crippen molar-refractivity contribution < 1.29 is 18.7 Å². The van der Waals surface area contributed by atoms with Crippen LogP contribution in [0.4, 0.5) is 8.78 Å². The first-order chi connectivity index (χ1) is 9.49. The van der Waals surface area contributed by atoms with Crippen LogP contribution in [0.15, 0.2) is 30.3 Å². The summed E-state index contributed by atoms with van der Waals surface area (Å²) in [6.07, 6.45) is 0.755. The number of aliphatic carboxylic acids is 1. The molecule has 4 rings (SSSR count). The van der Waals surface area contributed by atoms with E-state index in [1.807, 2.05) is 30.3 Å². The molecule has 20 heavy (non-hydrogen) atoms. The summed E-state index contributed by atoms with van der Waals surface area (Å²) in [6, 6.07) is 8.03. The van der Waals surface area contributed by atoms with Crippen molar-refractivity contribution in [1.82, 2.24) is 4.90 Å². The number of hydrogen-bond acceptors (Lipinski definition) is 2. The van der Waals surface area contributed by atoms with Crippen molar-refractivity contribution in [3.8, 4) is 0 Å². The number of carbonyl (C=O) groups is 1. The lowest BCUT2D eigenvalue weighted by molar-refractivity contribution is -0.199. The smallest absolute Gasteiger partial charge is 0.321 e. The van der Waals surface area contributed by atoms with Gasteiger partial charge in [0.1, 0.15) is 6.04 Å². The van der Waals surface area contributed by atoms with Crippen molar-refractivity contribution in [3.63, 3.8) is 0 Å². The molecule has 0 aromatic heterocycles. The molecule has 3 atom stereocenters. The summed E-state index contributed by atoms with van der Waals surface area (Å²) in [5, 5.41) is 9.37. The second-order valence-electron chi connectivity index (χ2n) is 5.74. The van der Waals surface area contributed by atoms with Crippen molar-refractivity contribution in [2.45, 2.75) is 43.8 Å². The number of halogens is 2. The zero-order chi connectivity index (χ0) is 14.3. The summed E-state index contributed by atoms with van der Waals surface area (Å²) in [5.41, 5.74) is 0.967. The van der Waals surface area contributed by atoms with Gasteiger partial charge >= 0.3 is 5.97 Å². The van der Waals surface area contributed by atoms with E-state index in [1.165, 1.54) is 0 Å². The van der Waals surface area contributed by atoms with Crippen molar-refractivity contribution in [3.05, 3.63) is 35.9 Å². The number of hydrogen-bond donors (Lipinski definition) is 1. The van der Waals surface area contributed by atoms with E-state index in [-0.39, 0.29) is 12.5 Å². The Hall–Kier alpha value is -1.49. The first kappa shape index (κ1) is 13.5. The van der Waals surface area contributed by atoms with E-state index in [2.05, 4.69) is 0 Å². The van der Waals surface area contributed by atoms with Gasteiger partial charge in [-0.2, -0.15) is 0 Å². The number of benzene rings is 1. The SMILES string of the molecule is O=C(O)[C@@H]1[C@@H]2CC[C@H](CC2(F)F)N1Cc1ccccc1. The third kappa shape index (κ3) is 2.20. The van der Waals surface area contributed by atoms with Gasteiger partial charge in [-0.25, -0.2) is 8.78 Å². The van der Waals surface area contributed by atoms with Crippen LogP contribution in [0.5, 0.6) is 0 Å². The monoisotopic (exact) mass is 281 g/mol. The van der Waals surface area contributed by atoms with Gasteiger partial charge in [-0.3, -0.25) is 9.69 Å². The molecule has 0 radical (unpaired) electrons. The van der Waals surface area contributed by atoms with Crippen molar-refractivity contribution in [1.29, 1.82) is 0 Å². The maximum absolute atomic E-state index is 13.9. The molecule has 1 aromatic carbocycles. The molecule has 2 saturated heterocycles. The summed E-state index contributed by atoms with van der Waals surface area (Å²) < 4.78 is 27.9. The average Bonchev–Trinajstić information content (AvgIpc) is 2.40. The van der Waals surface area contributed by atoms with Crippen LogP contribution < -0.4 is 0 Å². The highest BCUT2D eigenvalue weighted by Gasteiger charge is 2.59. The Morgan fingerprint density at radius 1 is 1.30 bits per heavy atom. The van der Waals surface area contributed by atoms with Crippen LogP contribution in [0.2, 0.25) is 0 Å². The summed E-state index contributed by atoms with van der Waals surface area (Å²) in [7, 11) is 0. The van der Waals surface area contributed by atoms with E-state index in [0.29, 0.717) is 19.4 Å². The van der Waals surface area contributed by atoms with Crippen molar-refractivity contribution in [2.24, 2.45) is 5.92 Å². The minimum absolute atomic E-state index is 0.214. The highest BCUT2D eigenvalue weighted by Crippen LogP contribution is 2.49. The summed E-state index contributed by atoms with van der Waals surface area (Å²) >= 11 is 0. The maximum atomic E-state index is 13.9. The maximum Gasteiger partial charge on any atom is 0.321 e. The number of alkyl halides is 2. The third-order valence-corrected chi connectivity index (χ3v) is 4.53. The molecule has 0 unspecified atom stereocenters. The van der Waals surface area contributed by atoms with Gasteiger partial charge in [-0.05, 0) is 18.4 Å². The van der Waals surface area contributed by atoms with Crippen LogP contribution in [-0.2, 0) is 11.3 Å². The number of nitrogens with zero attached hydrogens (tertiary/aromatic N) is 1. The first-order valence-electron chi connectivity index (χ1n) is 6.89. The molecule has 2 bridgehead atoms. The number of carboxylic acid groups (broad SMARTS) is 1. The number of carboxylic acids is 1. The van der Waals surface area contributed by atoms with Gasteiger partial charge in [0.05, 0.1) is 0 Å². The van der Waals surface area contributed by atoms with Gasteiger partial charge in [0.15, 0.2) is 0 Å². The highest BCUT2D eigenvalue weighted by molar-refractivity contribution is 5.74. The molecule has 2 heterocycles. The fourth-order valence-electron chi connectivity index (χ4n) is 3.62. The van der Waals surface area contributed by atoms with Crippen LogP contribution in [0.1, 0.15) is 24.8 Å². The van der Waals surface area contributed by atoms with E-state index >= 15 is 0 Å². The summed E-state index contributed by atoms with van der Waals surface area (Å²) in [4.78, 5) is 13.2.